The average molecular weight is 172 g/mol. The molecular formula is C8H12O4. The number of rotatable bonds is 4. The third-order valence-corrected chi connectivity index (χ3v) is 1.27. The molecule has 0 spiro atoms. The summed E-state index contributed by atoms with van der Waals surface area (Å²) in [5, 5.41) is 0. The van der Waals surface area contributed by atoms with E-state index in [-0.39, 0.29) is 18.0 Å². The maximum atomic E-state index is 10.8. The zero-order valence-corrected chi connectivity index (χ0v) is 7.42. The fraction of sp³-hybridized carbons (Fsp3) is 0.625. The van der Waals surface area contributed by atoms with Crippen LogP contribution in [0.3, 0.4) is 0 Å². The van der Waals surface area contributed by atoms with E-state index in [0.717, 1.165) is 0 Å². The van der Waals surface area contributed by atoms with E-state index in [0.29, 0.717) is 0 Å². The van der Waals surface area contributed by atoms with Crippen LogP contribution in [0.5, 0.6) is 0 Å². The van der Waals surface area contributed by atoms with E-state index >= 15 is 0 Å². The van der Waals surface area contributed by atoms with Crippen molar-refractivity contribution >= 4 is 17.5 Å². The van der Waals surface area contributed by atoms with Crippen LogP contribution in [0.15, 0.2) is 0 Å². The Morgan fingerprint density at radius 1 is 1.25 bits per heavy atom. The van der Waals surface area contributed by atoms with Gasteiger partial charge in [-0.25, -0.2) is 0 Å². The molecule has 68 valence electrons. The van der Waals surface area contributed by atoms with Gasteiger partial charge in [-0.1, -0.05) is 0 Å². The van der Waals surface area contributed by atoms with Crippen LogP contribution in [-0.4, -0.2) is 23.6 Å². The van der Waals surface area contributed by atoms with E-state index < -0.39 is 12.1 Å². The lowest BCUT2D eigenvalue weighted by Crippen LogP contribution is -2.22. The van der Waals surface area contributed by atoms with Gasteiger partial charge in [0.25, 0.3) is 0 Å². The molecule has 12 heavy (non-hydrogen) atoms. The second-order valence-corrected chi connectivity index (χ2v) is 2.62. The lowest BCUT2D eigenvalue weighted by Gasteiger charge is -2.08. The van der Waals surface area contributed by atoms with Crippen molar-refractivity contribution < 1.29 is 19.1 Å². The second kappa shape index (κ2) is 4.64. The maximum Gasteiger partial charge on any atom is 0.314 e. The Morgan fingerprint density at radius 2 is 1.75 bits per heavy atom. The summed E-state index contributed by atoms with van der Waals surface area (Å²) in [6.45, 7) is 4.09. The molecule has 0 N–H and O–H groups in total. The monoisotopic (exact) mass is 172 g/mol. The smallest absolute Gasteiger partial charge is 0.314 e. The van der Waals surface area contributed by atoms with E-state index in [4.69, 9.17) is 0 Å². The highest BCUT2D eigenvalue weighted by molar-refractivity contribution is 5.95. The van der Waals surface area contributed by atoms with Gasteiger partial charge >= 0.3 is 5.97 Å². The molecule has 0 aliphatic heterocycles. The first-order valence-electron chi connectivity index (χ1n) is 3.63. The molecule has 0 aliphatic carbocycles. The summed E-state index contributed by atoms with van der Waals surface area (Å²) in [6.07, 6.45) is -1.02. The maximum absolute atomic E-state index is 10.8. The molecule has 0 saturated carbocycles. The third-order valence-electron chi connectivity index (χ3n) is 1.27. The first-order valence-corrected chi connectivity index (χ1v) is 3.63. The zero-order valence-electron chi connectivity index (χ0n) is 7.42. The van der Waals surface area contributed by atoms with Crippen molar-refractivity contribution in [3.8, 4) is 0 Å². The number of carbonyl (C=O) groups excluding carboxylic acids is 3. The minimum atomic E-state index is -0.753. The van der Waals surface area contributed by atoms with Crippen molar-refractivity contribution in [2.75, 3.05) is 0 Å². The van der Waals surface area contributed by atoms with Crippen molar-refractivity contribution in [2.24, 2.45) is 0 Å². The highest BCUT2D eigenvalue weighted by Crippen LogP contribution is 1.96. The Bertz CT molecular complexity index is 207. The number of ketones is 2. The summed E-state index contributed by atoms with van der Waals surface area (Å²) in [4.78, 5) is 31.8. The fourth-order valence-electron chi connectivity index (χ4n) is 0.525. The van der Waals surface area contributed by atoms with Crippen LogP contribution in [0.2, 0.25) is 0 Å². The molecular weight excluding hydrogens is 160 g/mol. The van der Waals surface area contributed by atoms with Crippen molar-refractivity contribution in [2.45, 2.75) is 33.3 Å². The Hall–Kier alpha value is -1.19. The summed E-state index contributed by atoms with van der Waals surface area (Å²) >= 11 is 0. The number of hydrogen-bond acceptors (Lipinski definition) is 4. The number of esters is 1. The molecule has 4 nitrogen and oxygen atoms in total. The average Bonchev–Trinajstić information content (AvgIpc) is 1.84. The van der Waals surface area contributed by atoms with Crippen LogP contribution < -0.4 is 0 Å². The van der Waals surface area contributed by atoms with Crippen molar-refractivity contribution in [3.05, 3.63) is 0 Å². The van der Waals surface area contributed by atoms with Crippen LogP contribution in [0.25, 0.3) is 0 Å². The van der Waals surface area contributed by atoms with Gasteiger partial charge in [-0.2, -0.15) is 0 Å². The standard InChI is InChI=1S/C8H12O4/c1-5(9)4-8(11)12-7(3)6(2)10/h7H,4H2,1-3H3. The van der Waals surface area contributed by atoms with Gasteiger partial charge in [-0.3, -0.25) is 14.4 Å². The van der Waals surface area contributed by atoms with Crippen molar-refractivity contribution in [1.29, 1.82) is 0 Å². The lowest BCUT2D eigenvalue weighted by molar-refractivity contribution is -0.154. The van der Waals surface area contributed by atoms with Crippen LogP contribution in [0, 0.1) is 0 Å². The predicted octanol–water partition coefficient (Wildman–Crippen LogP) is 0.486. The summed E-state index contributed by atoms with van der Waals surface area (Å²) in [5.74, 6) is -1.15. The summed E-state index contributed by atoms with van der Waals surface area (Å²) in [5.41, 5.74) is 0. The van der Waals surface area contributed by atoms with E-state index in [1.165, 1.54) is 20.8 Å². The number of Topliss-reactive ketones (excluding diaryl/α,β-unsaturated/α-hetero) is 2. The molecule has 0 fully saturated rings. The minimum absolute atomic E-state index is 0.230. The second-order valence-electron chi connectivity index (χ2n) is 2.62. The molecule has 0 radical (unpaired) electrons. The van der Waals surface area contributed by atoms with E-state index in [1.807, 2.05) is 0 Å². The molecule has 0 bridgehead atoms. The molecule has 0 amide bonds. The lowest BCUT2D eigenvalue weighted by atomic mass is 10.3. The van der Waals surface area contributed by atoms with Gasteiger partial charge in [0.15, 0.2) is 11.9 Å². The van der Waals surface area contributed by atoms with Crippen LogP contribution in [0.4, 0.5) is 0 Å². The molecule has 0 heterocycles. The predicted molar refractivity (Wildman–Crippen MR) is 41.5 cm³/mol. The molecule has 0 aromatic carbocycles. The Morgan fingerprint density at radius 3 is 2.08 bits per heavy atom. The van der Waals surface area contributed by atoms with Crippen LogP contribution in [0.1, 0.15) is 27.2 Å². The van der Waals surface area contributed by atoms with E-state index in [9.17, 15) is 14.4 Å². The zero-order chi connectivity index (χ0) is 9.72. The molecule has 0 aliphatic rings. The first-order chi connectivity index (χ1) is 5.43. The molecule has 1 unspecified atom stereocenters. The molecule has 0 aromatic heterocycles. The van der Waals surface area contributed by atoms with Crippen LogP contribution >= 0.6 is 0 Å². The van der Waals surface area contributed by atoms with Gasteiger partial charge in [0, 0.05) is 0 Å². The Kier molecular flexibility index (Phi) is 4.18. The van der Waals surface area contributed by atoms with Gasteiger partial charge in [0.05, 0.1) is 0 Å². The van der Waals surface area contributed by atoms with Gasteiger partial charge in [0.1, 0.15) is 12.2 Å². The molecule has 0 rings (SSSR count). The van der Waals surface area contributed by atoms with E-state index in [2.05, 4.69) is 4.74 Å². The summed E-state index contributed by atoms with van der Waals surface area (Å²) in [7, 11) is 0. The first kappa shape index (κ1) is 10.8. The van der Waals surface area contributed by atoms with E-state index in [1.54, 1.807) is 0 Å². The van der Waals surface area contributed by atoms with Gasteiger partial charge in [-0.05, 0) is 20.8 Å². The van der Waals surface area contributed by atoms with Crippen molar-refractivity contribution in [1.82, 2.24) is 0 Å². The Balaban J connectivity index is 3.85. The summed E-state index contributed by atoms with van der Waals surface area (Å²) < 4.78 is 4.61. The summed E-state index contributed by atoms with van der Waals surface area (Å²) in [6, 6.07) is 0. The minimum Gasteiger partial charge on any atom is -0.454 e. The molecule has 4 heteroatoms. The number of carbonyl (C=O) groups is 3. The third kappa shape index (κ3) is 4.60. The largest absolute Gasteiger partial charge is 0.454 e. The fourth-order valence-corrected chi connectivity index (χ4v) is 0.525. The topological polar surface area (TPSA) is 60.4 Å². The van der Waals surface area contributed by atoms with Gasteiger partial charge in [0.2, 0.25) is 0 Å². The highest BCUT2D eigenvalue weighted by atomic mass is 16.5. The Labute approximate surface area is 70.9 Å². The number of ether oxygens (including phenoxy) is 1. The van der Waals surface area contributed by atoms with Gasteiger partial charge < -0.3 is 4.74 Å². The van der Waals surface area contributed by atoms with Crippen LogP contribution in [-0.2, 0) is 19.1 Å². The SMILES string of the molecule is CC(=O)CC(=O)OC(C)C(C)=O. The normalized spacial score (nSPS) is 11.9. The quantitative estimate of drug-likeness (QED) is 0.457. The van der Waals surface area contributed by atoms with Gasteiger partial charge in [-0.15, -0.1) is 0 Å². The molecule has 0 aromatic rings. The highest BCUT2D eigenvalue weighted by Gasteiger charge is 2.14. The molecule has 0 saturated heterocycles. The van der Waals surface area contributed by atoms with Crippen molar-refractivity contribution in [3.63, 3.8) is 0 Å². The number of hydrogen-bond donors (Lipinski definition) is 0. The molecule has 1 atom stereocenters.